The second-order valence-corrected chi connectivity index (χ2v) is 6.63. The molecule has 0 aliphatic carbocycles. The number of hydrogen-bond acceptors (Lipinski definition) is 4. The summed E-state index contributed by atoms with van der Waals surface area (Å²) in [4.78, 5) is 25.0. The van der Waals surface area contributed by atoms with E-state index in [0.717, 1.165) is 31.0 Å². The smallest absolute Gasteiger partial charge is 0.371 e. The number of carbonyl (C=O) groups excluding carboxylic acids is 1. The van der Waals surface area contributed by atoms with Gasteiger partial charge in [-0.05, 0) is 36.6 Å². The number of alkyl halides is 3. The van der Waals surface area contributed by atoms with Gasteiger partial charge in [0.2, 0.25) is 0 Å². The minimum Gasteiger partial charge on any atom is -0.371 e. The van der Waals surface area contributed by atoms with E-state index in [4.69, 9.17) is 0 Å². The standard InChI is InChI=1S/C19H17F4N3O3/c20-13-4-3-12(16(9-13)19(21,22)23)11-24-18(27)15-10-14(26(28)29)5-6-17(15)25-7-1-2-8-25/h3-6,9-10H,1-2,7-8,11H2,(H,24,27). The number of anilines is 1. The molecule has 3 rings (SSSR count). The third-order valence-electron chi connectivity index (χ3n) is 4.70. The van der Waals surface area contributed by atoms with Gasteiger partial charge in [-0.2, -0.15) is 13.2 Å². The third-order valence-corrected chi connectivity index (χ3v) is 4.70. The summed E-state index contributed by atoms with van der Waals surface area (Å²) >= 11 is 0. The average Bonchev–Trinajstić information content (AvgIpc) is 3.20. The van der Waals surface area contributed by atoms with Crippen LogP contribution in [-0.2, 0) is 12.7 Å². The summed E-state index contributed by atoms with van der Waals surface area (Å²) in [5.74, 6) is -1.78. The molecule has 0 unspecified atom stereocenters. The number of carbonyl (C=O) groups is 1. The summed E-state index contributed by atoms with van der Waals surface area (Å²) in [7, 11) is 0. The molecule has 0 radical (unpaired) electrons. The number of nitro benzene ring substituents is 1. The maximum absolute atomic E-state index is 13.2. The van der Waals surface area contributed by atoms with E-state index in [1.54, 1.807) is 0 Å². The number of nitrogens with one attached hydrogen (secondary N) is 1. The number of hydrogen-bond donors (Lipinski definition) is 1. The van der Waals surface area contributed by atoms with E-state index in [2.05, 4.69) is 5.32 Å². The molecule has 2 aromatic rings. The van der Waals surface area contributed by atoms with Crippen LogP contribution in [0.4, 0.5) is 28.9 Å². The molecule has 0 spiro atoms. The molecule has 29 heavy (non-hydrogen) atoms. The van der Waals surface area contributed by atoms with Crippen LogP contribution in [-0.4, -0.2) is 23.9 Å². The molecule has 2 aromatic carbocycles. The number of benzene rings is 2. The SMILES string of the molecule is O=C(NCc1ccc(F)cc1C(F)(F)F)c1cc([N+](=O)[O-])ccc1N1CCCC1. The first-order valence-corrected chi connectivity index (χ1v) is 8.84. The highest BCUT2D eigenvalue weighted by atomic mass is 19.4. The van der Waals surface area contributed by atoms with Crippen molar-refractivity contribution in [3.63, 3.8) is 0 Å². The van der Waals surface area contributed by atoms with Crippen LogP contribution in [0.25, 0.3) is 0 Å². The van der Waals surface area contributed by atoms with Crippen LogP contribution < -0.4 is 10.2 Å². The van der Waals surface area contributed by atoms with E-state index >= 15 is 0 Å². The number of halogens is 4. The van der Waals surface area contributed by atoms with E-state index in [1.807, 2.05) is 4.90 Å². The number of non-ortho nitro benzene ring substituents is 1. The van der Waals surface area contributed by atoms with Gasteiger partial charge in [0.1, 0.15) is 5.82 Å². The van der Waals surface area contributed by atoms with Gasteiger partial charge in [0.05, 0.1) is 21.7 Å². The Labute approximate surface area is 163 Å². The van der Waals surface area contributed by atoms with Gasteiger partial charge in [-0.1, -0.05) is 6.07 Å². The minimum absolute atomic E-state index is 0.0109. The summed E-state index contributed by atoms with van der Waals surface area (Å²) in [6.45, 7) is 0.846. The lowest BCUT2D eigenvalue weighted by Crippen LogP contribution is -2.28. The van der Waals surface area contributed by atoms with Gasteiger partial charge >= 0.3 is 6.18 Å². The highest BCUT2D eigenvalue weighted by Crippen LogP contribution is 2.33. The molecule has 6 nitrogen and oxygen atoms in total. The molecule has 1 amide bonds. The summed E-state index contributed by atoms with van der Waals surface area (Å²) < 4.78 is 52.6. The van der Waals surface area contributed by atoms with Crippen molar-refractivity contribution in [2.75, 3.05) is 18.0 Å². The van der Waals surface area contributed by atoms with Gasteiger partial charge in [0.15, 0.2) is 0 Å². The molecule has 0 atom stereocenters. The van der Waals surface area contributed by atoms with E-state index in [-0.39, 0.29) is 16.8 Å². The van der Waals surface area contributed by atoms with E-state index in [0.29, 0.717) is 24.8 Å². The van der Waals surface area contributed by atoms with Crippen molar-refractivity contribution in [2.45, 2.75) is 25.6 Å². The first-order chi connectivity index (χ1) is 13.7. The van der Waals surface area contributed by atoms with E-state index < -0.39 is 34.9 Å². The molecule has 10 heteroatoms. The highest BCUT2D eigenvalue weighted by molar-refractivity contribution is 6.00. The van der Waals surface area contributed by atoms with Crippen molar-refractivity contribution >= 4 is 17.3 Å². The number of nitrogens with zero attached hydrogens (tertiary/aromatic N) is 2. The molecule has 1 saturated heterocycles. The molecule has 1 aliphatic rings. The van der Waals surface area contributed by atoms with Crippen molar-refractivity contribution in [3.8, 4) is 0 Å². The van der Waals surface area contributed by atoms with Crippen LogP contribution >= 0.6 is 0 Å². The Morgan fingerprint density at radius 2 is 1.83 bits per heavy atom. The zero-order valence-electron chi connectivity index (χ0n) is 15.1. The summed E-state index contributed by atoms with van der Waals surface area (Å²) in [5, 5.41) is 13.4. The molecule has 154 valence electrons. The Morgan fingerprint density at radius 3 is 2.45 bits per heavy atom. The molecule has 1 aliphatic heterocycles. The fourth-order valence-corrected chi connectivity index (χ4v) is 3.29. The lowest BCUT2D eigenvalue weighted by molar-refractivity contribution is -0.384. The summed E-state index contributed by atoms with van der Waals surface area (Å²) in [5.41, 5.74) is -1.29. The van der Waals surface area contributed by atoms with Crippen molar-refractivity contribution in [1.82, 2.24) is 5.32 Å². The number of rotatable bonds is 5. The van der Waals surface area contributed by atoms with Crippen molar-refractivity contribution in [3.05, 3.63) is 69.0 Å². The van der Waals surface area contributed by atoms with E-state index in [1.165, 1.54) is 12.1 Å². The van der Waals surface area contributed by atoms with Gasteiger partial charge in [-0.15, -0.1) is 0 Å². The van der Waals surface area contributed by atoms with Crippen molar-refractivity contribution in [2.24, 2.45) is 0 Å². The minimum atomic E-state index is -4.78. The van der Waals surface area contributed by atoms with Gasteiger partial charge in [0.25, 0.3) is 11.6 Å². The fraction of sp³-hybridized carbons (Fsp3) is 0.316. The fourth-order valence-electron chi connectivity index (χ4n) is 3.29. The average molecular weight is 411 g/mol. The molecule has 0 saturated carbocycles. The maximum Gasteiger partial charge on any atom is 0.416 e. The van der Waals surface area contributed by atoms with Crippen molar-refractivity contribution in [1.29, 1.82) is 0 Å². The van der Waals surface area contributed by atoms with Gasteiger partial charge in [-0.3, -0.25) is 14.9 Å². The first-order valence-electron chi connectivity index (χ1n) is 8.84. The third kappa shape index (κ3) is 4.64. The van der Waals surface area contributed by atoms with Crippen LogP contribution in [0.3, 0.4) is 0 Å². The zero-order valence-corrected chi connectivity index (χ0v) is 15.1. The maximum atomic E-state index is 13.2. The lowest BCUT2D eigenvalue weighted by atomic mass is 10.1. The van der Waals surface area contributed by atoms with Crippen LogP contribution in [0.15, 0.2) is 36.4 Å². The lowest BCUT2D eigenvalue weighted by Gasteiger charge is -2.21. The van der Waals surface area contributed by atoms with Gasteiger partial charge < -0.3 is 10.2 Å². The first kappa shape index (κ1) is 20.6. The quantitative estimate of drug-likeness (QED) is 0.453. The molecular weight excluding hydrogens is 394 g/mol. The van der Waals surface area contributed by atoms with Crippen molar-refractivity contribution < 1.29 is 27.3 Å². The normalized spacial score (nSPS) is 14.1. The Morgan fingerprint density at radius 1 is 1.14 bits per heavy atom. The zero-order chi connectivity index (χ0) is 21.2. The largest absolute Gasteiger partial charge is 0.416 e. The second-order valence-electron chi connectivity index (χ2n) is 6.63. The number of nitro groups is 1. The Balaban J connectivity index is 1.87. The van der Waals surface area contributed by atoms with Crippen LogP contribution in [0, 0.1) is 15.9 Å². The van der Waals surface area contributed by atoms with E-state index in [9.17, 15) is 32.5 Å². The van der Waals surface area contributed by atoms with Crippen LogP contribution in [0.1, 0.15) is 34.3 Å². The predicted molar refractivity (Wildman–Crippen MR) is 97.1 cm³/mol. The van der Waals surface area contributed by atoms with Crippen LogP contribution in [0.5, 0.6) is 0 Å². The van der Waals surface area contributed by atoms with Crippen LogP contribution in [0.2, 0.25) is 0 Å². The molecule has 1 N–H and O–H groups in total. The van der Waals surface area contributed by atoms with Gasteiger partial charge in [0, 0.05) is 31.8 Å². The topological polar surface area (TPSA) is 75.5 Å². The molecule has 0 bridgehead atoms. The summed E-state index contributed by atoms with van der Waals surface area (Å²) in [6.07, 6.45) is -2.97. The monoisotopic (exact) mass is 411 g/mol. The Kier molecular flexibility index (Phi) is 5.71. The summed E-state index contributed by atoms with van der Waals surface area (Å²) in [6, 6.07) is 6.05. The highest BCUT2D eigenvalue weighted by Gasteiger charge is 2.34. The number of amides is 1. The Hall–Kier alpha value is -3.17. The molecular formula is C19H17F4N3O3. The molecule has 1 heterocycles. The molecule has 0 aromatic heterocycles. The molecule has 1 fully saturated rings. The second kappa shape index (κ2) is 8.06. The predicted octanol–water partition coefficient (Wildman–Crippen LogP) is 4.28. The Bertz CT molecular complexity index is 941. The van der Waals surface area contributed by atoms with Gasteiger partial charge in [-0.25, -0.2) is 4.39 Å².